The Morgan fingerprint density at radius 3 is 2.31 bits per heavy atom. The Hall–Kier alpha value is -0.120. The Labute approximate surface area is 81.5 Å². The molecule has 0 aromatic carbocycles. The molecule has 3 nitrogen and oxygen atoms in total. The molecule has 3 heteroatoms. The van der Waals surface area contributed by atoms with E-state index in [-0.39, 0.29) is 18.8 Å². The summed E-state index contributed by atoms with van der Waals surface area (Å²) in [7, 11) is 0. The lowest BCUT2D eigenvalue weighted by Crippen LogP contribution is -2.38. The summed E-state index contributed by atoms with van der Waals surface area (Å²) >= 11 is 0. The summed E-state index contributed by atoms with van der Waals surface area (Å²) in [6.07, 6.45) is 0.257. The quantitative estimate of drug-likeness (QED) is 0.628. The highest BCUT2D eigenvalue weighted by atomic mass is 16.5. The molecule has 0 rings (SSSR count). The predicted molar refractivity (Wildman–Crippen MR) is 54.8 cm³/mol. The fraction of sp³-hybridized carbons (Fsp3) is 1.00. The largest absolute Gasteiger partial charge is 0.395 e. The van der Waals surface area contributed by atoms with Gasteiger partial charge in [0.05, 0.1) is 25.4 Å². The maximum absolute atomic E-state index is 8.97. The number of hydrogen-bond donors (Lipinski definition) is 2. The number of hydrogen-bond acceptors (Lipinski definition) is 3. The molecular weight excluding hydrogens is 166 g/mol. The van der Waals surface area contributed by atoms with Gasteiger partial charge in [-0.15, -0.1) is 0 Å². The van der Waals surface area contributed by atoms with Crippen molar-refractivity contribution in [1.29, 1.82) is 0 Å². The lowest BCUT2D eigenvalue weighted by Gasteiger charge is -2.21. The topological polar surface area (TPSA) is 41.5 Å². The van der Waals surface area contributed by atoms with Gasteiger partial charge in [-0.05, 0) is 19.4 Å². The van der Waals surface area contributed by atoms with Gasteiger partial charge in [-0.1, -0.05) is 20.8 Å². The fourth-order valence-corrected chi connectivity index (χ4v) is 0.925. The number of nitrogens with one attached hydrogen (secondary N) is 1. The Kier molecular flexibility index (Phi) is 7.23. The molecule has 0 fully saturated rings. The van der Waals surface area contributed by atoms with E-state index in [1.165, 1.54) is 0 Å². The molecule has 0 bridgehead atoms. The van der Waals surface area contributed by atoms with Crippen LogP contribution in [0.4, 0.5) is 0 Å². The van der Waals surface area contributed by atoms with E-state index in [2.05, 4.69) is 26.1 Å². The summed E-state index contributed by atoms with van der Waals surface area (Å²) in [6.45, 7) is 9.93. The van der Waals surface area contributed by atoms with Gasteiger partial charge in [0.25, 0.3) is 0 Å². The Morgan fingerprint density at radius 2 is 1.92 bits per heavy atom. The summed E-state index contributed by atoms with van der Waals surface area (Å²) in [6, 6.07) is 0.0752. The van der Waals surface area contributed by atoms with E-state index in [1.807, 2.05) is 6.92 Å². The van der Waals surface area contributed by atoms with Crippen molar-refractivity contribution in [3.05, 3.63) is 0 Å². The highest BCUT2D eigenvalue weighted by Crippen LogP contribution is 2.05. The summed E-state index contributed by atoms with van der Waals surface area (Å²) < 4.78 is 5.59. The number of aliphatic hydroxyl groups is 1. The maximum atomic E-state index is 8.97. The van der Waals surface area contributed by atoms with Crippen molar-refractivity contribution in [1.82, 2.24) is 5.32 Å². The van der Waals surface area contributed by atoms with Gasteiger partial charge in [-0.2, -0.15) is 0 Å². The van der Waals surface area contributed by atoms with Crippen molar-refractivity contribution in [3.63, 3.8) is 0 Å². The second-order valence-corrected chi connectivity index (χ2v) is 3.72. The number of rotatable bonds is 7. The molecule has 13 heavy (non-hydrogen) atoms. The molecule has 2 unspecified atom stereocenters. The third-order valence-corrected chi connectivity index (χ3v) is 2.21. The second kappa shape index (κ2) is 7.30. The van der Waals surface area contributed by atoms with E-state index in [4.69, 9.17) is 9.84 Å². The molecule has 0 aliphatic rings. The van der Waals surface area contributed by atoms with Gasteiger partial charge in [-0.3, -0.25) is 0 Å². The van der Waals surface area contributed by atoms with Crippen LogP contribution >= 0.6 is 0 Å². The van der Waals surface area contributed by atoms with Crippen LogP contribution in [0.25, 0.3) is 0 Å². The molecule has 0 saturated carbocycles. The van der Waals surface area contributed by atoms with Crippen LogP contribution in [0, 0.1) is 5.92 Å². The molecule has 0 spiro atoms. The molecule has 2 N–H and O–H groups in total. The monoisotopic (exact) mass is 189 g/mol. The first-order valence-electron chi connectivity index (χ1n) is 5.07. The van der Waals surface area contributed by atoms with Crippen molar-refractivity contribution in [2.45, 2.75) is 39.8 Å². The summed E-state index contributed by atoms with van der Waals surface area (Å²) in [5, 5.41) is 12.1. The zero-order valence-electron chi connectivity index (χ0n) is 9.21. The third kappa shape index (κ3) is 6.02. The lowest BCUT2D eigenvalue weighted by atomic mass is 10.1. The zero-order chi connectivity index (χ0) is 10.3. The average Bonchev–Trinajstić information content (AvgIpc) is 2.11. The second-order valence-electron chi connectivity index (χ2n) is 3.72. The number of aliphatic hydroxyl groups excluding tert-OH is 1. The van der Waals surface area contributed by atoms with Gasteiger partial charge in [0.2, 0.25) is 0 Å². The average molecular weight is 189 g/mol. The van der Waals surface area contributed by atoms with Crippen LogP contribution in [0.15, 0.2) is 0 Å². The van der Waals surface area contributed by atoms with Gasteiger partial charge in [0.15, 0.2) is 0 Å². The van der Waals surface area contributed by atoms with E-state index in [9.17, 15) is 0 Å². The molecule has 0 aromatic rings. The van der Waals surface area contributed by atoms with Gasteiger partial charge in [0, 0.05) is 0 Å². The normalized spacial score (nSPS) is 16.2. The van der Waals surface area contributed by atoms with Crippen LogP contribution in [0.2, 0.25) is 0 Å². The Morgan fingerprint density at radius 1 is 1.31 bits per heavy atom. The molecule has 0 heterocycles. The molecule has 2 atom stereocenters. The molecular formula is C10H23NO2. The summed E-state index contributed by atoms with van der Waals surface area (Å²) in [5.74, 6) is 0.529. The Bertz CT molecular complexity index is 117. The smallest absolute Gasteiger partial charge is 0.0645 e. The van der Waals surface area contributed by atoms with Crippen molar-refractivity contribution < 1.29 is 9.84 Å². The summed E-state index contributed by atoms with van der Waals surface area (Å²) in [5.41, 5.74) is 0. The van der Waals surface area contributed by atoms with Gasteiger partial charge < -0.3 is 15.2 Å². The first-order chi connectivity index (χ1) is 6.11. The molecule has 0 radical (unpaired) electrons. The number of likely N-dealkylation sites (N-methyl/N-ethyl adjacent to an activating group) is 1. The summed E-state index contributed by atoms with van der Waals surface area (Å²) in [4.78, 5) is 0. The minimum Gasteiger partial charge on any atom is -0.395 e. The van der Waals surface area contributed by atoms with Crippen molar-refractivity contribution in [3.8, 4) is 0 Å². The predicted octanol–water partition coefficient (Wildman–Crippen LogP) is 1.02. The van der Waals surface area contributed by atoms with E-state index in [0.29, 0.717) is 12.5 Å². The van der Waals surface area contributed by atoms with E-state index < -0.39 is 0 Å². The van der Waals surface area contributed by atoms with Crippen LogP contribution in [0.1, 0.15) is 27.7 Å². The highest BCUT2D eigenvalue weighted by Gasteiger charge is 2.11. The van der Waals surface area contributed by atoms with Crippen molar-refractivity contribution in [2.75, 3.05) is 19.8 Å². The van der Waals surface area contributed by atoms with Gasteiger partial charge >= 0.3 is 0 Å². The minimum atomic E-state index is 0.0752. The fourth-order valence-electron chi connectivity index (χ4n) is 0.925. The lowest BCUT2D eigenvalue weighted by molar-refractivity contribution is 0.0131. The van der Waals surface area contributed by atoms with Crippen molar-refractivity contribution >= 4 is 0 Å². The minimum absolute atomic E-state index is 0.0752. The van der Waals surface area contributed by atoms with Gasteiger partial charge in [0.1, 0.15) is 0 Å². The van der Waals surface area contributed by atoms with Crippen molar-refractivity contribution in [2.24, 2.45) is 5.92 Å². The van der Waals surface area contributed by atoms with Gasteiger partial charge in [-0.25, -0.2) is 0 Å². The van der Waals surface area contributed by atoms with E-state index in [1.54, 1.807) is 0 Å². The van der Waals surface area contributed by atoms with E-state index in [0.717, 1.165) is 6.54 Å². The molecule has 80 valence electrons. The highest BCUT2D eigenvalue weighted by molar-refractivity contribution is 4.64. The van der Waals surface area contributed by atoms with E-state index >= 15 is 0 Å². The molecule has 0 aliphatic heterocycles. The first kappa shape index (κ1) is 12.9. The maximum Gasteiger partial charge on any atom is 0.0645 e. The first-order valence-corrected chi connectivity index (χ1v) is 5.07. The molecule has 0 aromatic heterocycles. The Balaban J connectivity index is 3.58. The van der Waals surface area contributed by atoms with Crippen LogP contribution in [-0.2, 0) is 4.74 Å². The number of ether oxygens (including phenoxy) is 1. The molecule has 0 aliphatic carbocycles. The van der Waals surface area contributed by atoms with Crippen LogP contribution in [-0.4, -0.2) is 37.0 Å². The molecule has 0 amide bonds. The van der Waals surface area contributed by atoms with Crippen LogP contribution < -0.4 is 5.32 Å². The SMILES string of the molecule is CCNC(CO)COC(C)C(C)C. The zero-order valence-corrected chi connectivity index (χ0v) is 9.21. The third-order valence-electron chi connectivity index (χ3n) is 2.21. The standard InChI is InChI=1S/C10H23NO2/c1-5-11-10(6-12)7-13-9(4)8(2)3/h8-12H,5-7H2,1-4H3. The van der Waals surface area contributed by atoms with Crippen LogP contribution in [0.3, 0.4) is 0 Å². The van der Waals surface area contributed by atoms with Crippen LogP contribution in [0.5, 0.6) is 0 Å². The molecule has 0 saturated heterocycles.